The van der Waals surface area contributed by atoms with Crippen molar-refractivity contribution < 1.29 is 19.0 Å². The maximum absolute atomic E-state index is 13.3. The molecule has 0 unspecified atom stereocenters. The van der Waals surface area contributed by atoms with E-state index >= 15 is 0 Å². The monoisotopic (exact) mass is 248 g/mol. The summed E-state index contributed by atoms with van der Waals surface area (Å²) in [6, 6.07) is 6.89. The molecule has 0 aliphatic rings. The molecule has 2 aromatic rings. The lowest BCUT2D eigenvalue weighted by molar-refractivity contribution is 0.0697. The molecule has 0 spiro atoms. The van der Waals surface area contributed by atoms with E-state index in [1.54, 1.807) is 6.07 Å². The highest BCUT2D eigenvalue weighted by molar-refractivity contribution is 5.93. The van der Waals surface area contributed by atoms with Crippen LogP contribution in [0.5, 0.6) is 11.6 Å². The highest BCUT2D eigenvalue weighted by Crippen LogP contribution is 2.24. The number of nitrogens with two attached hydrogens (primary N) is 1. The van der Waals surface area contributed by atoms with E-state index in [2.05, 4.69) is 4.98 Å². The zero-order valence-corrected chi connectivity index (χ0v) is 9.13. The van der Waals surface area contributed by atoms with Gasteiger partial charge in [0.15, 0.2) is 11.6 Å². The molecule has 6 heteroatoms. The fraction of sp³-hybridized carbons (Fsp3) is 0. The predicted molar refractivity (Wildman–Crippen MR) is 62.1 cm³/mol. The summed E-state index contributed by atoms with van der Waals surface area (Å²) in [6.45, 7) is 0. The van der Waals surface area contributed by atoms with E-state index in [1.807, 2.05) is 0 Å². The molecule has 0 saturated heterocycles. The Morgan fingerprint density at radius 3 is 2.78 bits per heavy atom. The van der Waals surface area contributed by atoms with Crippen molar-refractivity contribution in [3.05, 3.63) is 47.9 Å². The van der Waals surface area contributed by atoms with E-state index in [1.165, 1.54) is 18.2 Å². The van der Waals surface area contributed by atoms with Gasteiger partial charge in [-0.25, -0.2) is 14.2 Å². The summed E-state index contributed by atoms with van der Waals surface area (Å²) in [4.78, 5) is 14.6. The minimum atomic E-state index is -1.20. The Balaban J connectivity index is 2.33. The summed E-state index contributed by atoms with van der Waals surface area (Å²) >= 11 is 0. The van der Waals surface area contributed by atoms with Gasteiger partial charge in [0.25, 0.3) is 0 Å². The summed E-state index contributed by atoms with van der Waals surface area (Å²) in [5.41, 5.74) is 5.32. The zero-order valence-electron chi connectivity index (χ0n) is 9.13. The Bertz CT molecular complexity index is 602. The van der Waals surface area contributed by atoms with Gasteiger partial charge in [0.1, 0.15) is 0 Å². The van der Waals surface area contributed by atoms with E-state index in [0.717, 1.165) is 12.3 Å². The Morgan fingerprint density at radius 2 is 2.11 bits per heavy atom. The van der Waals surface area contributed by atoms with E-state index in [-0.39, 0.29) is 22.9 Å². The molecule has 5 nitrogen and oxygen atoms in total. The van der Waals surface area contributed by atoms with Gasteiger partial charge >= 0.3 is 5.97 Å². The normalized spacial score (nSPS) is 10.1. The molecule has 0 aliphatic heterocycles. The largest absolute Gasteiger partial charge is 0.478 e. The minimum absolute atomic E-state index is 0.0170. The third kappa shape index (κ3) is 2.37. The molecule has 1 aromatic carbocycles. The lowest BCUT2D eigenvalue weighted by Gasteiger charge is -2.07. The first-order valence-corrected chi connectivity index (χ1v) is 4.99. The van der Waals surface area contributed by atoms with Crippen LogP contribution in [0.25, 0.3) is 0 Å². The number of para-hydroxylation sites is 1. The maximum Gasteiger partial charge on any atom is 0.338 e. The Kier molecular flexibility index (Phi) is 3.09. The number of pyridine rings is 1. The molecule has 0 saturated carbocycles. The average molecular weight is 248 g/mol. The first-order valence-electron chi connectivity index (χ1n) is 4.99. The van der Waals surface area contributed by atoms with Crippen molar-refractivity contribution in [3.8, 4) is 11.6 Å². The van der Waals surface area contributed by atoms with Crippen molar-refractivity contribution >= 4 is 11.7 Å². The lowest BCUT2D eigenvalue weighted by Crippen LogP contribution is -2.04. The number of hydrogen-bond acceptors (Lipinski definition) is 4. The second-order valence-electron chi connectivity index (χ2n) is 3.45. The molecule has 0 amide bonds. The number of halogens is 1. The molecule has 2 rings (SSSR count). The molecular formula is C12H9FN2O3. The smallest absolute Gasteiger partial charge is 0.338 e. The van der Waals surface area contributed by atoms with Crippen LogP contribution < -0.4 is 10.5 Å². The molecule has 0 aliphatic carbocycles. The van der Waals surface area contributed by atoms with Crippen molar-refractivity contribution in [2.75, 3.05) is 5.73 Å². The first-order chi connectivity index (χ1) is 8.58. The predicted octanol–water partition coefficient (Wildman–Crippen LogP) is 2.29. The highest BCUT2D eigenvalue weighted by Gasteiger charge is 2.11. The number of carbonyl (C=O) groups is 1. The molecule has 0 atom stereocenters. The Morgan fingerprint density at radius 1 is 1.39 bits per heavy atom. The topological polar surface area (TPSA) is 85.4 Å². The number of nitrogens with zero attached hydrogens (tertiary/aromatic N) is 1. The Hall–Kier alpha value is -2.63. The lowest BCUT2D eigenvalue weighted by atomic mass is 10.2. The first kappa shape index (κ1) is 11.8. The third-order valence-corrected chi connectivity index (χ3v) is 2.19. The summed E-state index contributed by atoms with van der Waals surface area (Å²) in [5.74, 6) is -1.83. The Labute approximate surface area is 102 Å². The van der Waals surface area contributed by atoms with Gasteiger partial charge in [-0.05, 0) is 12.1 Å². The molecule has 18 heavy (non-hydrogen) atoms. The molecule has 1 aromatic heterocycles. The molecule has 0 radical (unpaired) electrons. The summed E-state index contributed by atoms with van der Waals surface area (Å²) < 4.78 is 18.5. The number of nitrogen functional groups attached to an aromatic ring is 1. The van der Waals surface area contributed by atoms with Crippen molar-refractivity contribution in [1.82, 2.24) is 4.98 Å². The van der Waals surface area contributed by atoms with Crippen molar-refractivity contribution in [2.45, 2.75) is 0 Å². The molecule has 92 valence electrons. The standard InChI is InChI=1S/C12H9FN2O3/c13-8-3-1-2-4-10(8)18-11-5-7(12(16)17)9(14)6-15-11/h1-6H,14H2,(H,16,17). The van der Waals surface area contributed by atoms with Crippen molar-refractivity contribution in [1.29, 1.82) is 0 Å². The second kappa shape index (κ2) is 4.70. The fourth-order valence-electron chi connectivity index (χ4n) is 1.33. The van der Waals surface area contributed by atoms with Gasteiger partial charge in [0.05, 0.1) is 17.4 Å². The summed E-state index contributed by atoms with van der Waals surface area (Å²) in [5, 5.41) is 8.87. The number of aromatic nitrogens is 1. The summed E-state index contributed by atoms with van der Waals surface area (Å²) in [6.07, 6.45) is 1.15. The molecular weight excluding hydrogens is 239 g/mol. The van der Waals surface area contributed by atoms with Gasteiger partial charge in [-0.2, -0.15) is 0 Å². The van der Waals surface area contributed by atoms with Gasteiger partial charge in [-0.3, -0.25) is 0 Å². The van der Waals surface area contributed by atoms with Crippen molar-refractivity contribution in [3.63, 3.8) is 0 Å². The van der Waals surface area contributed by atoms with Gasteiger partial charge in [0.2, 0.25) is 5.88 Å². The van der Waals surface area contributed by atoms with Crippen LogP contribution in [0.2, 0.25) is 0 Å². The van der Waals surface area contributed by atoms with E-state index in [0.29, 0.717) is 0 Å². The van der Waals surface area contributed by atoms with E-state index in [4.69, 9.17) is 15.6 Å². The second-order valence-corrected chi connectivity index (χ2v) is 3.45. The van der Waals surface area contributed by atoms with Crippen LogP contribution in [-0.4, -0.2) is 16.1 Å². The number of hydrogen-bond donors (Lipinski definition) is 2. The number of carboxylic acids is 1. The molecule has 1 heterocycles. The van der Waals surface area contributed by atoms with Crippen molar-refractivity contribution in [2.24, 2.45) is 0 Å². The zero-order chi connectivity index (χ0) is 13.1. The number of benzene rings is 1. The maximum atomic E-state index is 13.3. The van der Waals surface area contributed by atoms with Gasteiger partial charge in [0, 0.05) is 6.07 Å². The van der Waals surface area contributed by atoms with Crippen LogP contribution in [0.1, 0.15) is 10.4 Å². The van der Waals surface area contributed by atoms with Gasteiger partial charge < -0.3 is 15.6 Å². The van der Waals surface area contributed by atoms with Crippen LogP contribution in [-0.2, 0) is 0 Å². The average Bonchev–Trinajstić information content (AvgIpc) is 2.34. The quantitative estimate of drug-likeness (QED) is 0.870. The molecule has 3 N–H and O–H groups in total. The third-order valence-electron chi connectivity index (χ3n) is 2.19. The number of carboxylic acid groups (broad SMARTS) is 1. The van der Waals surface area contributed by atoms with Crippen LogP contribution in [0.3, 0.4) is 0 Å². The van der Waals surface area contributed by atoms with E-state index in [9.17, 15) is 9.18 Å². The van der Waals surface area contributed by atoms with Crippen LogP contribution in [0.4, 0.5) is 10.1 Å². The molecule has 0 bridgehead atoms. The van der Waals surface area contributed by atoms with Crippen LogP contribution >= 0.6 is 0 Å². The highest BCUT2D eigenvalue weighted by atomic mass is 19.1. The van der Waals surface area contributed by atoms with Gasteiger partial charge in [-0.15, -0.1) is 0 Å². The minimum Gasteiger partial charge on any atom is -0.478 e. The van der Waals surface area contributed by atoms with E-state index < -0.39 is 11.8 Å². The number of ether oxygens (including phenoxy) is 1. The fourth-order valence-corrected chi connectivity index (χ4v) is 1.33. The molecule has 0 fully saturated rings. The summed E-state index contributed by atoms with van der Waals surface area (Å²) in [7, 11) is 0. The number of rotatable bonds is 3. The van der Waals surface area contributed by atoms with Crippen LogP contribution in [0, 0.1) is 5.82 Å². The number of anilines is 1. The van der Waals surface area contributed by atoms with Gasteiger partial charge in [-0.1, -0.05) is 12.1 Å². The van der Waals surface area contributed by atoms with Crippen LogP contribution in [0.15, 0.2) is 36.5 Å². The SMILES string of the molecule is Nc1cnc(Oc2ccccc2F)cc1C(=O)O. The number of aromatic carboxylic acids is 1.